The molecule has 1 amide bonds. The number of ether oxygens (including phenoxy) is 2. The lowest BCUT2D eigenvalue weighted by Crippen LogP contribution is -2.32. The van der Waals surface area contributed by atoms with Gasteiger partial charge in [0, 0.05) is 11.6 Å². The molecule has 6 nitrogen and oxygen atoms in total. The third kappa shape index (κ3) is 5.85. The highest BCUT2D eigenvalue weighted by molar-refractivity contribution is 6.01. The lowest BCUT2D eigenvalue weighted by atomic mass is 10.1. The van der Waals surface area contributed by atoms with Crippen molar-refractivity contribution in [2.75, 3.05) is 7.11 Å². The Morgan fingerprint density at radius 2 is 1.97 bits per heavy atom. The van der Waals surface area contributed by atoms with Gasteiger partial charge in [0.2, 0.25) is 0 Å². The number of hydrogen-bond acceptors (Lipinski definition) is 5. The van der Waals surface area contributed by atoms with Crippen LogP contribution in [0.25, 0.3) is 6.08 Å². The number of methoxy groups -OCH3 is 1. The second-order valence-corrected chi connectivity index (χ2v) is 6.42. The molecular weight excluding hydrogens is 366 g/mol. The van der Waals surface area contributed by atoms with E-state index in [-0.39, 0.29) is 18.2 Å². The molecule has 1 N–H and O–H groups in total. The highest BCUT2D eigenvalue weighted by Crippen LogP contribution is 2.30. The average Bonchev–Trinajstić information content (AvgIpc) is 2.76. The van der Waals surface area contributed by atoms with Crippen LogP contribution in [-0.4, -0.2) is 19.1 Å². The Morgan fingerprint density at radius 3 is 2.62 bits per heavy atom. The molecule has 0 saturated carbocycles. The Hall–Kier alpha value is -3.77. The monoisotopic (exact) mass is 389 g/mol. The van der Waals surface area contributed by atoms with Crippen LogP contribution in [0.3, 0.4) is 0 Å². The SMILES string of the molecule is CC[C@H](C)NC(=O)/C(C#N)=C/c1ccc(OCc2ccccc2C#N)c(OC)c1. The van der Waals surface area contributed by atoms with Gasteiger partial charge >= 0.3 is 0 Å². The second kappa shape index (κ2) is 10.5. The number of carbonyl (C=O) groups excluding carboxylic acids is 1. The third-order valence-corrected chi connectivity index (χ3v) is 4.37. The Bertz CT molecular complexity index is 984. The average molecular weight is 389 g/mol. The zero-order valence-corrected chi connectivity index (χ0v) is 16.7. The van der Waals surface area contributed by atoms with Crippen LogP contribution >= 0.6 is 0 Å². The van der Waals surface area contributed by atoms with Crippen molar-refractivity contribution in [2.45, 2.75) is 32.9 Å². The molecule has 148 valence electrons. The maximum atomic E-state index is 12.2. The summed E-state index contributed by atoms with van der Waals surface area (Å²) in [6.07, 6.45) is 2.29. The van der Waals surface area contributed by atoms with E-state index in [1.54, 1.807) is 30.3 Å². The van der Waals surface area contributed by atoms with Crippen molar-refractivity contribution < 1.29 is 14.3 Å². The maximum absolute atomic E-state index is 12.2. The van der Waals surface area contributed by atoms with Gasteiger partial charge in [-0.15, -0.1) is 0 Å². The van der Waals surface area contributed by atoms with Gasteiger partial charge < -0.3 is 14.8 Å². The number of benzene rings is 2. The van der Waals surface area contributed by atoms with Gasteiger partial charge in [0.25, 0.3) is 5.91 Å². The van der Waals surface area contributed by atoms with Crippen molar-refractivity contribution in [1.82, 2.24) is 5.32 Å². The highest BCUT2D eigenvalue weighted by atomic mass is 16.5. The lowest BCUT2D eigenvalue weighted by molar-refractivity contribution is -0.117. The number of rotatable bonds is 8. The molecule has 6 heteroatoms. The van der Waals surface area contributed by atoms with Gasteiger partial charge in [-0.1, -0.05) is 31.2 Å². The smallest absolute Gasteiger partial charge is 0.262 e. The van der Waals surface area contributed by atoms with E-state index in [1.165, 1.54) is 13.2 Å². The van der Waals surface area contributed by atoms with Gasteiger partial charge in [-0.2, -0.15) is 10.5 Å². The van der Waals surface area contributed by atoms with Crippen LogP contribution in [0.15, 0.2) is 48.0 Å². The molecule has 2 rings (SSSR count). The number of carbonyl (C=O) groups is 1. The van der Waals surface area contributed by atoms with Gasteiger partial charge in [-0.3, -0.25) is 4.79 Å². The number of amides is 1. The Balaban J connectivity index is 2.20. The third-order valence-electron chi connectivity index (χ3n) is 4.37. The van der Waals surface area contributed by atoms with Crippen molar-refractivity contribution in [3.63, 3.8) is 0 Å². The minimum Gasteiger partial charge on any atom is -0.493 e. The van der Waals surface area contributed by atoms with Crippen LogP contribution in [0.4, 0.5) is 0 Å². The summed E-state index contributed by atoms with van der Waals surface area (Å²) in [5, 5.41) is 21.3. The first-order chi connectivity index (χ1) is 14.0. The minimum atomic E-state index is -0.408. The lowest BCUT2D eigenvalue weighted by Gasteiger charge is -2.13. The second-order valence-electron chi connectivity index (χ2n) is 6.42. The van der Waals surface area contributed by atoms with Crippen molar-refractivity contribution in [1.29, 1.82) is 10.5 Å². The van der Waals surface area contributed by atoms with E-state index in [4.69, 9.17) is 9.47 Å². The summed E-state index contributed by atoms with van der Waals surface area (Å²) in [7, 11) is 1.51. The molecule has 0 aliphatic carbocycles. The molecule has 0 aromatic heterocycles. The summed E-state index contributed by atoms with van der Waals surface area (Å²) in [4.78, 5) is 12.2. The van der Waals surface area contributed by atoms with E-state index in [0.717, 1.165) is 12.0 Å². The molecule has 0 bridgehead atoms. The first-order valence-corrected chi connectivity index (χ1v) is 9.23. The molecule has 2 aromatic carbocycles. The van der Waals surface area contributed by atoms with Crippen LogP contribution in [0, 0.1) is 22.7 Å². The molecule has 0 radical (unpaired) electrons. The molecule has 0 heterocycles. The zero-order valence-electron chi connectivity index (χ0n) is 16.7. The van der Waals surface area contributed by atoms with E-state index >= 15 is 0 Å². The highest BCUT2D eigenvalue weighted by Gasteiger charge is 2.13. The molecule has 0 fully saturated rings. The van der Waals surface area contributed by atoms with Gasteiger partial charge in [0.05, 0.1) is 18.7 Å². The number of nitriles is 2. The number of nitrogens with zero attached hydrogens (tertiary/aromatic N) is 2. The van der Waals surface area contributed by atoms with Crippen LogP contribution in [-0.2, 0) is 11.4 Å². The number of nitrogens with one attached hydrogen (secondary N) is 1. The summed E-state index contributed by atoms with van der Waals surface area (Å²) >= 11 is 0. The molecule has 0 aliphatic heterocycles. The number of hydrogen-bond donors (Lipinski definition) is 1. The van der Waals surface area contributed by atoms with E-state index < -0.39 is 5.91 Å². The van der Waals surface area contributed by atoms with Crippen molar-refractivity contribution >= 4 is 12.0 Å². The summed E-state index contributed by atoms with van der Waals surface area (Å²) in [5.41, 5.74) is 1.98. The van der Waals surface area contributed by atoms with Gasteiger partial charge in [0.1, 0.15) is 18.2 Å². The van der Waals surface area contributed by atoms with E-state index in [9.17, 15) is 15.3 Å². The summed E-state index contributed by atoms with van der Waals surface area (Å²) < 4.78 is 11.2. The largest absolute Gasteiger partial charge is 0.493 e. The topological polar surface area (TPSA) is 95.1 Å². The Kier molecular flexibility index (Phi) is 7.82. The van der Waals surface area contributed by atoms with Crippen molar-refractivity contribution in [3.05, 3.63) is 64.7 Å². The van der Waals surface area contributed by atoms with Crippen LogP contribution in [0.5, 0.6) is 11.5 Å². The first-order valence-electron chi connectivity index (χ1n) is 9.23. The Labute approximate surface area is 171 Å². The molecule has 2 aromatic rings. The van der Waals surface area contributed by atoms with Crippen LogP contribution in [0.2, 0.25) is 0 Å². The van der Waals surface area contributed by atoms with Gasteiger partial charge in [-0.05, 0) is 43.2 Å². The fourth-order valence-electron chi connectivity index (χ4n) is 2.52. The summed E-state index contributed by atoms with van der Waals surface area (Å²) in [6, 6.07) is 16.4. The fraction of sp³-hybridized carbons (Fsp3) is 0.261. The fourth-order valence-corrected chi connectivity index (χ4v) is 2.52. The quantitative estimate of drug-likeness (QED) is 0.544. The van der Waals surface area contributed by atoms with E-state index in [1.807, 2.05) is 32.0 Å². The van der Waals surface area contributed by atoms with Crippen molar-refractivity contribution in [2.24, 2.45) is 0 Å². The summed E-state index contributed by atoms with van der Waals surface area (Å²) in [6.45, 7) is 4.06. The molecule has 0 aliphatic rings. The normalized spacial score (nSPS) is 11.7. The summed E-state index contributed by atoms with van der Waals surface area (Å²) in [5.74, 6) is 0.557. The minimum absolute atomic E-state index is 0.0131. The van der Waals surface area contributed by atoms with E-state index in [2.05, 4.69) is 11.4 Å². The molecular formula is C23H23N3O3. The Morgan fingerprint density at radius 1 is 1.21 bits per heavy atom. The molecule has 0 unspecified atom stereocenters. The van der Waals surface area contributed by atoms with E-state index in [0.29, 0.717) is 22.6 Å². The predicted molar refractivity (Wildman–Crippen MR) is 110 cm³/mol. The van der Waals surface area contributed by atoms with Crippen LogP contribution < -0.4 is 14.8 Å². The first kappa shape index (κ1) is 21.5. The van der Waals surface area contributed by atoms with Gasteiger partial charge in [0.15, 0.2) is 11.5 Å². The molecule has 0 spiro atoms. The predicted octanol–water partition coefficient (Wildman–Crippen LogP) is 3.97. The zero-order chi connectivity index (χ0) is 21.2. The van der Waals surface area contributed by atoms with Crippen LogP contribution in [0.1, 0.15) is 37.0 Å². The maximum Gasteiger partial charge on any atom is 0.262 e. The van der Waals surface area contributed by atoms with Gasteiger partial charge in [-0.25, -0.2) is 0 Å². The molecule has 29 heavy (non-hydrogen) atoms. The standard InChI is InChI=1S/C23H23N3O3/c1-4-16(2)26-23(27)20(14-25)11-17-9-10-21(22(12-17)28-3)29-15-19-8-6-5-7-18(19)13-24/h5-12,16H,4,15H2,1-3H3,(H,26,27)/b20-11+/t16-/m0/s1. The molecule has 0 saturated heterocycles. The molecule has 1 atom stereocenters. The van der Waals surface area contributed by atoms with Crippen molar-refractivity contribution in [3.8, 4) is 23.6 Å².